The van der Waals surface area contributed by atoms with E-state index in [1.165, 1.54) is 22.2 Å². The second-order valence-electron chi connectivity index (χ2n) is 7.89. The normalized spacial score (nSPS) is 23.5. The van der Waals surface area contributed by atoms with E-state index >= 15 is 0 Å². The number of aromatic nitrogens is 5. The van der Waals surface area contributed by atoms with Gasteiger partial charge in [-0.2, -0.15) is 23.1 Å². The number of benzene rings is 1. The van der Waals surface area contributed by atoms with Crippen LogP contribution >= 0.6 is 34.7 Å². The number of halogens is 4. The van der Waals surface area contributed by atoms with Crippen LogP contribution in [-0.4, -0.2) is 82.7 Å². The first-order valence-electron chi connectivity index (χ1n) is 10.5. The molecule has 3 aromatic heterocycles. The van der Waals surface area contributed by atoms with Crippen molar-refractivity contribution < 1.29 is 33.2 Å². The Morgan fingerprint density at radius 2 is 1.97 bits per heavy atom. The van der Waals surface area contributed by atoms with E-state index in [1.807, 2.05) is 12.1 Å². The first-order valence-corrected chi connectivity index (χ1v) is 12.7. The number of ether oxygens (including phenoxy) is 1. The van der Waals surface area contributed by atoms with Gasteiger partial charge in [0.1, 0.15) is 24.4 Å². The summed E-state index contributed by atoms with van der Waals surface area (Å²) >= 11 is 8.26. The molecule has 1 saturated heterocycles. The SMILES string of the molecule is OC[C@H]1O[C@@H](n2cnc3c(NC(CSc4nc5ccccc5s4)C(F)(F)F)nc(Cl)nc32)C(O)C1O. The average Bonchev–Trinajstić information content (AvgIpc) is 3.51. The standard InChI is InChI=1S/C20H18ClF3N6O4S2/c21-18-28-15(12-16(29-18)30(7-25-12)17-14(33)13(32)9(5-31)34-17)27-11(20(22,23)24)6-35-19-26-8-3-1-2-4-10(8)36-19/h1-4,7,9,11,13-14,17,31-33H,5-6H2,(H,27,28,29)/t9-,11?,13?,14?,17-/m1/s1. The van der Waals surface area contributed by atoms with Gasteiger partial charge in [-0.25, -0.2) is 9.97 Å². The number of anilines is 1. The van der Waals surface area contributed by atoms with Crippen LogP contribution in [0.3, 0.4) is 0 Å². The minimum absolute atomic E-state index is 0.0212. The number of nitrogens with zero attached hydrogens (tertiary/aromatic N) is 5. The smallest absolute Gasteiger partial charge is 0.394 e. The van der Waals surface area contributed by atoms with E-state index in [0.29, 0.717) is 9.86 Å². The molecule has 4 heterocycles. The van der Waals surface area contributed by atoms with E-state index in [4.69, 9.17) is 16.3 Å². The number of nitrogens with one attached hydrogen (secondary N) is 1. The third-order valence-corrected chi connectivity index (χ3v) is 7.98. The number of aliphatic hydroxyl groups excluding tert-OH is 3. The van der Waals surface area contributed by atoms with Crippen molar-refractivity contribution in [1.82, 2.24) is 24.5 Å². The molecule has 1 aliphatic heterocycles. The first-order chi connectivity index (χ1) is 17.2. The predicted molar refractivity (Wildman–Crippen MR) is 127 cm³/mol. The zero-order valence-electron chi connectivity index (χ0n) is 18.0. The van der Waals surface area contributed by atoms with E-state index in [-0.39, 0.29) is 22.3 Å². The van der Waals surface area contributed by atoms with Crippen molar-refractivity contribution in [2.45, 2.75) is 41.1 Å². The maximum Gasteiger partial charge on any atom is 0.409 e. The average molecular weight is 563 g/mol. The lowest BCUT2D eigenvalue weighted by Gasteiger charge is -2.22. The van der Waals surface area contributed by atoms with Gasteiger partial charge < -0.3 is 25.4 Å². The summed E-state index contributed by atoms with van der Waals surface area (Å²) in [5, 5.41) is 31.7. The largest absolute Gasteiger partial charge is 0.409 e. The quantitative estimate of drug-likeness (QED) is 0.196. The molecule has 1 aromatic carbocycles. The van der Waals surface area contributed by atoms with Crippen molar-refractivity contribution in [1.29, 1.82) is 0 Å². The Morgan fingerprint density at radius 3 is 2.67 bits per heavy atom. The first kappa shape index (κ1) is 25.4. The molecule has 0 amide bonds. The number of fused-ring (bicyclic) bond motifs is 2. The van der Waals surface area contributed by atoms with Gasteiger partial charge in [0.05, 0.1) is 23.2 Å². The van der Waals surface area contributed by atoms with Crippen molar-refractivity contribution in [2.75, 3.05) is 17.7 Å². The monoisotopic (exact) mass is 562 g/mol. The van der Waals surface area contributed by atoms with Gasteiger partial charge in [-0.3, -0.25) is 4.57 Å². The van der Waals surface area contributed by atoms with Gasteiger partial charge in [0.25, 0.3) is 0 Å². The highest BCUT2D eigenvalue weighted by molar-refractivity contribution is 8.01. The minimum Gasteiger partial charge on any atom is -0.394 e. The molecule has 0 bridgehead atoms. The molecule has 0 saturated carbocycles. The molecule has 0 spiro atoms. The maximum absolute atomic E-state index is 13.9. The molecule has 1 aliphatic rings. The van der Waals surface area contributed by atoms with Crippen LogP contribution in [0.15, 0.2) is 34.9 Å². The maximum atomic E-state index is 13.9. The molecule has 4 aromatic rings. The van der Waals surface area contributed by atoms with Gasteiger partial charge in [0.15, 0.2) is 27.5 Å². The van der Waals surface area contributed by atoms with Crippen molar-refractivity contribution in [3.05, 3.63) is 35.9 Å². The Kier molecular flexibility index (Phi) is 6.97. The van der Waals surface area contributed by atoms with Crippen molar-refractivity contribution in [3.63, 3.8) is 0 Å². The number of alkyl halides is 3. The summed E-state index contributed by atoms with van der Waals surface area (Å²) in [6.07, 6.45) is -8.56. The number of thioether (sulfide) groups is 1. The number of imidazole rings is 1. The van der Waals surface area contributed by atoms with Crippen LogP contribution in [0.1, 0.15) is 6.23 Å². The highest BCUT2D eigenvalue weighted by Gasteiger charge is 2.44. The summed E-state index contributed by atoms with van der Waals surface area (Å²) in [5.74, 6) is -0.662. The van der Waals surface area contributed by atoms with Crippen LogP contribution in [0.2, 0.25) is 5.28 Å². The second-order valence-corrected chi connectivity index (χ2v) is 10.5. The molecule has 5 atom stereocenters. The van der Waals surface area contributed by atoms with Crippen molar-refractivity contribution >= 4 is 61.9 Å². The minimum atomic E-state index is -4.64. The lowest BCUT2D eigenvalue weighted by molar-refractivity contribution is -0.137. The van der Waals surface area contributed by atoms with Gasteiger partial charge in [0.2, 0.25) is 5.28 Å². The van der Waals surface area contributed by atoms with E-state index in [0.717, 1.165) is 16.5 Å². The van der Waals surface area contributed by atoms with E-state index < -0.39 is 49.1 Å². The molecular formula is C20H18ClF3N6O4S2. The second kappa shape index (κ2) is 9.89. The number of para-hydroxylation sites is 1. The van der Waals surface area contributed by atoms with Gasteiger partial charge in [0, 0.05) is 5.75 Å². The van der Waals surface area contributed by atoms with Gasteiger partial charge in [-0.15, -0.1) is 11.3 Å². The number of aliphatic hydroxyl groups is 3. The lowest BCUT2D eigenvalue weighted by Crippen LogP contribution is -2.38. The predicted octanol–water partition coefficient (Wildman–Crippen LogP) is 2.84. The molecule has 36 heavy (non-hydrogen) atoms. The van der Waals surface area contributed by atoms with E-state index in [9.17, 15) is 28.5 Å². The van der Waals surface area contributed by atoms with Crippen molar-refractivity contribution in [2.24, 2.45) is 0 Å². The number of hydrogen-bond donors (Lipinski definition) is 4. The highest BCUT2D eigenvalue weighted by atomic mass is 35.5. The summed E-state index contributed by atoms with van der Waals surface area (Å²) in [6, 6.07) is 5.25. The Labute approximate surface area is 214 Å². The molecule has 10 nitrogen and oxygen atoms in total. The molecule has 3 unspecified atom stereocenters. The Bertz CT molecular complexity index is 1360. The van der Waals surface area contributed by atoms with Crippen LogP contribution in [0.4, 0.5) is 19.0 Å². The fraction of sp³-hybridized carbons (Fsp3) is 0.400. The molecule has 4 N–H and O–H groups in total. The molecule has 0 aliphatic carbocycles. The summed E-state index contributed by atoms with van der Waals surface area (Å²) in [7, 11) is 0. The molecule has 5 rings (SSSR count). The van der Waals surface area contributed by atoms with Crippen LogP contribution in [0.25, 0.3) is 21.4 Å². The third-order valence-electron chi connectivity index (χ3n) is 5.54. The fourth-order valence-corrected chi connectivity index (χ4v) is 6.05. The summed E-state index contributed by atoms with van der Waals surface area (Å²) in [4.78, 5) is 16.4. The third kappa shape index (κ3) is 4.83. The van der Waals surface area contributed by atoms with E-state index in [1.54, 1.807) is 12.1 Å². The number of hydrogen-bond acceptors (Lipinski definition) is 11. The molecular weight excluding hydrogens is 545 g/mol. The van der Waals surface area contributed by atoms with E-state index in [2.05, 4.69) is 25.3 Å². The van der Waals surface area contributed by atoms with Crippen molar-refractivity contribution in [3.8, 4) is 0 Å². The topological polar surface area (TPSA) is 138 Å². The zero-order chi connectivity index (χ0) is 25.6. The van der Waals surface area contributed by atoms with Gasteiger partial charge in [-0.1, -0.05) is 23.9 Å². The lowest BCUT2D eigenvalue weighted by atomic mass is 10.1. The summed E-state index contributed by atoms with van der Waals surface area (Å²) < 4.78 is 49.9. The molecule has 16 heteroatoms. The molecule has 192 valence electrons. The number of thiazole rings is 1. The fourth-order valence-electron chi connectivity index (χ4n) is 3.74. The Hall–Kier alpha value is -2.27. The van der Waals surface area contributed by atoms with Gasteiger partial charge >= 0.3 is 6.18 Å². The highest BCUT2D eigenvalue weighted by Crippen LogP contribution is 2.36. The number of rotatable bonds is 7. The Morgan fingerprint density at radius 1 is 1.19 bits per heavy atom. The summed E-state index contributed by atoms with van der Waals surface area (Å²) in [6.45, 7) is -0.552. The molecule has 0 radical (unpaired) electrons. The molecule has 1 fully saturated rings. The van der Waals surface area contributed by atoms with Crippen LogP contribution in [0, 0.1) is 0 Å². The summed E-state index contributed by atoms with van der Waals surface area (Å²) in [5.41, 5.74) is 0.643. The zero-order valence-corrected chi connectivity index (χ0v) is 20.4. The van der Waals surface area contributed by atoms with Gasteiger partial charge in [-0.05, 0) is 23.7 Å². The van der Waals surface area contributed by atoms with Crippen LogP contribution in [-0.2, 0) is 4.74 Å². The Balaban J connectivity index is 1.42. The van der Waals surface area contributed by atoms with Crippen LogP contribution < -0.4 is 5.32 Å². The van der Waals surface area contributed by atoms with Crippen LogP contribution in [0.5, 0.6) is 0 Å².